The fraction of sp³-hybridized carbons (Fsp3) is 0.471. The van der Waals surface area contributed by atoms with E-state index in [-0.39, 0.29) is 17.2 Å². The number of hydrogen-bond acceptors (Lipinski definition) is 5. The fourth-order valence-electron chi connectivity index (χ4n) is 2.93. The molecule has 136 valence electrons. The second kappa shape index (κ2) is 7.42. The van der Waals surface area contributed by atoms with Gasteiger partial charge >= 0.3 is 5.97 Å². The highest BCUT2D eigenvalue weighted by molar-refractivity contribution is 6.01. The molecule has 2 amide bonds. The number of amides is 2. The van der Waals surface area contributed by atoms with Gasteiger partial charge in [0.25, 0.3) is 5.91 Å². The summed E-state index contributed by atoms with van der Waals surface area (Å²) in [5, 5.41) is 21.6. The third kappa shape index (κ3) is 4.01. The van der Waals surface area contributed by atoms with Gasteiger partial charge in [0, 0.05) is 12.2 Å². The van der Waals surface area contributed by atoms with Gasteiger partial charge in [0.2, 0.25) is 5.91 Å². The molecule has 1 fully saturated rings. The zero-order valence-electron chi connectivity index (χ0n) is 14.2. The van der Waals surface area contributed by atoms with Crippen LogP contribution in [0.3, 0.4) is 0 Å². The number of aromatic hydroxyl groups is 1. The Morgan fingerprint density at radius 1 is 1.32 bits per heavy atom. The first kappa shape index (κ1) is 18.6. The Morgan fingerprint density at radius 3 is 2.60 bits per heavy atom. The van der Waals surface area contributed by atoms with Gasteiger partial charge in [-0.3, -0.25) is 9.59 Å². The molecule has 8 heteroatoms. The average Bonchev–Trinajstić information content (AvgIpc) is 3.03. The third-order valence-electron chi connectivity index (χ3n) is 4.30. The Labute approximate surface area is 145 Å². The predicted molar refractivity (Wildman–Crippen MR) is 91.0 cm³/mol. The average molecular weight is 349 g/mol. The van der Waals surface area contributed by atoms with Crippen LogP contribution in [0.15, 0.2) is 18.2 Å². The lowest BCUT2D eigenvalue weighted by Crippen LogP contribution is -2.52. The number of nitrogen functional groups attached to an aromatic ring is 1. The molecule has 1 heterocycles. The fourth-order valence-corrected chi connectivity index (χ4v) is 2.93. The molecule has 0 bridgehead atoms. The molecule has 0 radical (unpaired) electrons. The lowest BCUT2D eigenvalue weighted by atomic mass is 10.0. The van der Waals surface area contributed by atoms with Crippen molar-refractivity contribution in [2.24, 2.45) is 5.92 Å². The number of anilines is 1. The number of phenolic OH excluding ortho intramolecular Hbond substituents is 1. The lowest BCUT2D eigenvalue weighted by Gasteiger charge is -2.26. The summed E-state index contributed by atoms with van der Waals surface area (Å²) < 4.78 is 0. The summed E-state index contributed by atoms with van der Waals surface area (Å²) in [5.74, 6) is -2.62. The normalized spacial score (nSPS) is 18.2. The zero-order valence-corrected chi connectivity index (χ0v) is 14.2. The van der Waals surface area contributed by atoms with Crippen molar-refractivity contribution in [1.82, 2.24) is 10.2 Å². The van der Waals surface area contributed by atoms with E-state index in [1.165, 1.54) is 23.1 Å². The summed E-state index contributed by atoms with van der Waals surface area (Å²) in [6, 6.07) is 2.37. The molecule has 0 aliphatic carbocycles. The summed E-state index contributed by atoms with van der Waals surface area (Å²) in [5.41, 5.74) is 6.02. The molecule has 0 spiro atoms. The molecule has 1 aliphatic rings. The van der Waals surface area contributed by atoms with E-state index in [0.717, 1.165) is 0 Å². The highest BCUT2D eigenvalue weighted by Crippen LogP contribution is 2.26. The molecule has 25 heavy (non-hydrogen) atoms. The zero-order chi connectivity index (χ0) is 18.7. The molecule has 1 aromatic rings. The number of carbonyl (C=O) groups is 3. The Balaban J connectivity index is 2.19. The largest absolute Gasteiger partial charge is 0.507 e. The number of likely N-dealkylation sites (tertiary alicyclic amines) is 1. The first-order valence-corrected chi connectivity index (χ1v) is 8.15. The molecule has 5 N–H and O–H groups in total. The van der Waals surface area contributed by atoms with Crippen molar-refractivity contribution in [3.63, 3.8) is 0 Å². The summed E-state index contributed by atoms with van der Waals surface area (Å²) in [6.45, 7) is 3.74. The lowest BCUT2D eigenvalue weighted by molar-refractivity contribution is -0.143. The topological polar surface area (TPSA) is 133 Å². The Hall–Kier alpha value is -2.77. The Kier molecular flexibility index (Phi) is 5.51. The second-order valence-electron chi connectivity index (χ2n) is 6.50. The van der Waals surface area contributed by atoms with E-state index in [1.807, 2.05) is 0 Å². The maximum atomic E-state index is 12.7. The highest BCUT2D eigenvalue weighted by Gasteiger charge is 2.37. The standard InChI is InChI=1S/C17H23N3O5/c1-9(2)14(17(24)25)19-15(22)12-4-3-7-20(12)16(23)11-8-10(18)5-6-13(11)21/h5-6,8-9,12,14,21H,3-4,7,18H2,1-2H3,(H,19,22)(H,24,25). The maximum Gasteiger partial charge on any atom is 0.326 e. The Morgan fingerprint density at radius 2 is 2.00 bits per heavy atom. The van der Waals surface area contributed by atoms with Crippen LogP contribution >= 0.6 is 0 Å². The molecule has 2 rings (SSSR count). The number of nitrogens with one attached hydrogen (secondary N) is 1. The van der Waals surface area contributed by atoms with Crippen molar-refractivity contribution in [2.75, 3.05) is 12.3 Å². The highest BCUT2D eigenvalue weighted by atomic mass is 16.4. The molecule has 8 nitrogen and oxygen atoms in total. The van der Waals surface area contributed by atoms with E-state index < -0.39 is 29.9 Å². The molecule has 1 saturated heterocycles. The number of benzene rings is 1. The third-order valence-corrected chi connectivity index (χ3v) is 4.30. The van der Waals surface area contributed by atoms with E-state index in [1.54, 1.807) is 13.8 Å². The van der Waals surface area contributed by atoms with Gasteiger partial charge in [0.15, 0.2) is 0 Å². The number of carboxylic acid groups (broad SMARTS) is 1. The SMILES string of the molecule is CC(C)C(NC(=O)C1CCCN1C(=O)c1cc(N)ccc1O)C(=O)O. The van der Waals surface area contributed by atoms with Crippen molar-refractivity contribution in [3.05, 3.63) is 23.8 Å². The molecule has 1 aliphatic heterocycles. The van der Waals surface area contributed by atoms with Crippen LogP contribution in [0.2, 0.25) is 0 Å². The van der Waals surface area contributed by atoms with Crippen LogP contribution in [0.4, 0.5) is 5.69 Å². The first-order valence-electron chi connectivity index (χ1n) is 8.15. The van der Waals surface area contributed by atoms with Gasteiger partial charge in [-0.1, -0.05) is 13.8 Å². The van der Waals surface area contributed by atoms with Crippen molar-refractivity contribution >= 4 is 23.5 Å². The minimum Gasteiger partial charge on any atom is -0.507 e. The number of aliphatic carboxylic acids is 1. The van der Waals surface area contributed by atoms with Gasteiger partial charge in [-0.25, -0.2) is 4.79 Å². The second-order valence-corrected chi connectivity index (χ2v) is 6.50. The van der Waals surface area contributed by atoms with E-state index in [9.17, 15) is 24.6 Å². The van der Waals surface area contributed by atoms with E-state index in [0.29, 0.717) is 25.1 Å². The molecular weight excluding hydrogens is 326 g/mol. The molecule has 2 unspecified atom stereocenters. The first-order chi connectivity index (χ1) is 11.7. The number of rotatable bonds is 5. The van der Waals surface area contributed by atoms with Gasteiger partial charge in [-0.05, 0) is 37.0 Å². The smallest absolute Gasteiger partial charge is 0.326 e. The van der Waals surface area contributed by atoms with Crippen LogP contribution in [0.1, 0.15) is 37.0 Å². The monoisotopic (exact) mass is 349 g/mol. The summed E-state index contributed by atoms with van der Waals surface area (Å²) in [4.78, 5) is 37.8. The molecule has 0 saturated carbocycles. The minimum absolute atomic E-state index is 0.0262. The Bertz CT molecular complexity index is 689. The summed E-state index contributed by atoms with van der Waals surface area (Å²) in [7, 11) is 0. The predicted octanol–water partition coefficient (Wildman–Crippen LogP) is 0.804. The summed E-state index contributed by atoms with van der Waals surface area (Å²) in [6.07, 6.45) is 1.05. The minimum atomic E-state index is -1.12. The van der Waals surface area contributed by atoms with Crippen LogP contribution in [0.25, 0.3) is 0 Å². The number of nitrogens with two attached hydrogens (primary N) is 1. The van der Waals surface area contributed by atoms with Crippen LogP contribution < -0.4 is 11.1 Å². The number of carboxylic acids is 1. The molecule has 0 aromatic heterocycles. The van der Waals surface area contributed by atoms with Crippen molar-refractivity contribution in [3.8, 4) is 5.75 Å². The quantitative estimate of drug-likeness (QED) is 0.459. The molecule has 2 atom stereocenters. The van der Waals surface area contributed by atoms with E-state index >= 15 is 0 Å². The molecule has 1 aromatic carbocycles. The number of nitrogens with zero attached hydrogens (tertiary/aromatic N) is 1. The number of phenols is 1. The van der Waals surface area contributed by atoms with Gasteiger partial charge in [-0.15, -0.1) is 0 Å². The van der Waals surface area contributed by atoms with Crippen LogP contribution in [0, 0.1) is 5.92 Å². The van der Waals surface area contributed by atoms with E-state index in [4.69, 9.17) is 5.73 Å². The van der Waals surface area contributed by atoms with Crippen molar-refractivity contribution in [2.45, 2.75) is 38.8 Å². The summed E-state index contributed by atoms with van der Waals surface area (Å²) >= 11 is 0. The van der Waals surface area contributed by atoms with Gasteiger partial charge < -0.3 is 26.2 Å². The van der Waals surface area contributed by atoms with Crippen LogP contribution in [0.5, 0.6) is 5.75 Å². The van der Waals surface area contributed by atoms with Crippen LogP contribution in [-0.2, 0) is 9.59 Å². The number of hydrogen-bond donors (Lipinski definition) is 4. The van der Waals surface area contributed by atoms with Gasteiger partial charge in [0.1, 0.15) is 17.8 Å². The van der Waals surface area contributed by atoms with Crippen molar-refractivity contribution < 1.29 is 24.6 Å². The van der Waals surface area contributed by atoms with Crippen LogP contribution in [-0.4, -0.2) is 51.5 Å². The van der Waals surface area contributed by atoms with Gasteiger partial charge in [0.05, 0.1) is 5.56 Å². The van der Waals surface area contributed by atoms with Gasteiger partial charge in [-0.2, -0.15) is 0 Å². The molecular formula is C17H23N3O5. The van der Waals surface area contributed by atoms with Crippen molar-refractivity contribution in [1.29, 1.82) is 0 Å². The van der Waals surface area contributed by atoms with E-state index in [2.05, 4.69) is 5.32 Å². The number of carbonyl (C=O) groups excluding carboxylic acids is 2. The maximum absolute atomic E-state index is 12.7.